The average Bonchev–Trinajstić information content (AvgIpc) is 4.03. The van der Waals surface area contributed by atoms with Gasteiger partial charge < -0.3 is 45.1 Å². The minimum absolute atomic E-state index is 0.0922. The first kappa shape index (κ1) is 39.9. The lowest BCUT2D eigenvalue weighted by molar-refractivity contribution is -0.139. The molecule has 6 rings (SSSR count). The van der Waals surface area contributed by atoms with Crippen molar-refractivity contribution in [3.05, 3.63) is 72.6 Å². The fourth-order valence-corrected chi connectivity index (χ4v) is 7.73. The van der Waals surface area contributed by atoms with Crippen LogP contribution < -0.4 is 5.32 Å². The number of aromatic nitrogens is 4. The third kappa shape index (κ3) is 8.26. The Hall–Kier alpha value is -5.74. The number of likely N-dealkylation sites (N-methyl/N-ethyl adjacent to an activating group) is 1. The molecule has 2 fully saturated rings. The number of H-pyrrole nitrogens is 2. The Morgan fingerprint density at radius 1 is 0.875 bits per heavy atom. The summed E-state index contributed by atoms with van der Waals surface area (Å²) in [4.78, 5) is 71.0. The van der Waals surface area contributed by atoms with Crippen molar-refractivity contribution in [1.82, 2.24) is 40.0 Å². The van der Waals surface area contributed by atoms with Crippen molar-refractivity contribution < 1.29 is 39.2 Å². The average molecular weight is 771 g/mol. The number of nitrogens with zero attached hydrogens (tertiary/aromatic N) is 5. The second-order valence-corrected chi connectivity index (χ2v) is 15.0. The van der Waals surface area contributed by atoms with E-state index in [2.05, 4.69) is 25.3 Å². The molecule has 16 nitrogen and oxygen atoms in total. The number of β-amino-alcohol motifs (C(OH)–C–C–N with tert-alkyl or cyclic N) is 1. The number of amides is 4. The van der Waals surface area contributed by atoms with E-state index in [0.717, 1.165) is 45.0 Å². The predicted octanol–water partition coefficient (Wildman–Crippen LogP) is 4.42. The Bertz CT molecular complexity index is 2010. The number of hydrogen-bond donors (Lipinski definition) is 6. The van der Waals surface area contributed by atoms with Gasteiger partial charge in [-0.1, -0.05) is 69.3 Å². The summed E-state index contributed by atoms with van der Waals surface area (Å²) in [6, 6.07) is 13.4. The molecule has 0 bridgehead atoms. The number of carboxylic acid groups (broad SMARTS) is 1. The number of carbonyl (C=O) groups is 4. The zero-order valence-electron chi connectivity index (χ0n) is 32.2. The van der Waals surface area contributed by atoms with Crippen molar-refractivity contribution in [2.45, 2.75) is 70.3 Å². The van der Waals surface area contributed by atoms with Crippen molar-refractivity contribution >= 4 is 24.0 Å². The molecule has 4 heterocycles. The van der Waals surface area contributed by atoms with Crippen LogP contribution in [0, 0.1) is 11.8 Å². The molecule has 16 heteroatoms. The van der Waals surface area contributed by atoms with E-state index in [4.69, 9.17) is 4.74 Å². The topological polar surface area (TPSA) is 217 Å². The number of likely N-dealkylation sites (tertiary alicyclic amines) is 2. The van der Waals surface area contributed by atoms with Crippen LogP contribution >= 0.6 is 0 Å². The van der Waals surface area contributed by atoms with E-state index in [1.807, 2.05) is 48.5 Å². The largest absolute Gasteiger partial charge is 0.465 e. The highest BCUT2D eigenvalue weighted by Crippen LogP contribution is 2.35. The number of aromatic amines is 2. The first-order valence-electron chi connectivity index (χ1n) is 18.8. The van der Waals surface area contributed by atoms with Gasteiger partial charge in [0, 0.05) is 39.1 Å². The van der Waals surface area contributed by atoms with Crippen LogP contribution in [0.2, 0.25) is 0 Å². The molecule has 0 aliphatic carbocycles. The third-order valence-corrected chi connectivity index (χ3v) is 10.8. The van der Waals surface area contributed by atoms with Gasteiger partial charge in [-0.3, -0.25) is 14.5 Å². The van der Waals surface area contributed by atoms with Gasteiger partial charge in [0.25, 0.3) is 0 Å². The minimum atomic E-state index is -1.19. The Labute approximate surface area is 324 Å². The zero-order chi connectivity index (χ0) is 40.3. The number of imidazole rings is 2. The standard InChI is InChI=1S/C40H50N8O8/c1-22(2)34(46(4)40(54)55)38(52)48-20-28(50)17-32(48)36-42-19-30(44-36)27-14-10-25(11-15-27)24-8-12-26(13-9-24)29-18-41-35(43-29)31-7-6-16-47(31)37(51)33(23(3)21-49)45-39(53)56-5/h8-15,18-19,22-23,28,31-34,49-50H,6-7,16-17,20-21H2,1-5H3,(H,41,43)(H,42,44)(H,45,53)(H,54,55)/t23?,28-,31?,32+,33+,34+/m1/s1. The van der Waals surface area contributed by atoms with Crippen molar-refractivity contribution in [3.63, 3.8) is 0 Å². The molecule has 2 unspecified atom stereocenters. The second kappa shape index (κ2) is 17.0. The van der Waals surface area contributed by atoms with Crippen LogP contribution in [0.15, 0.2) is 60.9 Å². The molecule has 56 heavy (non-hydrogen) atoms. The monoisotopic (exact) mass is 770 g/mol. The molecule has 2 aromatic heterocycles. The minimum Gasteiger partial charge on any atom is -0.465 e. The molecule has 0 saturated carbocycles. The molecule has 4 aromatic rings. The lowest BCUT2D eigenvalue weighted by Gasteiger charge is -2.33. The molecule has 0 radical (unpaired) electrons. The number of rotatable bonds is 12. The number of alkyl carbamates (subject to hydrolysis) is 1. The van der Waals surface area contributed by atoms with Gasteiger partial charge >= 0.3 is 12.2 Å². The maximum atomic E-state index is 13.6. The molecule has 6 N–H and O–H groups in total. The Kier molecular flexibility index (Phi) is 12.1. The summed E-state index contributed by atoms with van der Waals surface area (Å²) in [5.41, 5.74) is 5.34. The van der Waals surface area contributed by atoms with Crippen LogP contribution in [0.3, 0.4) is 0 Å². The number of aliphatic hydroxyl groups is 2. The second-order valence-electron chi connectivity index (χ2n) is 15.0. The number of ether oxygens (including phenoxy) is 1. The van der Waals surface area contributed by atoms with Gasteiger partial charge in [0.05, 0.1) is 49.1 Å². The molecule has 2 aliphatic heterocycles. The van der Waals surface area contributed by atoms with E-state index >= 15 is 0 Å². The molecule has 6 atom stereocenters. The highest BCUT2D eigenvalue weighted by atomic mass is 16.5. The SMILES string of the molecule is COC(=O)N[C@H](C(=O)N1CCCC1c1ncc(-c2ccc(-c3ccc(-c4cnc([C@@H]5C[C@@H](O)CN5C(=O)[C@H](C(C)C)N(C)C(=O)O)[nH]4)cc3)cc2)[nH]1)C(C)CO. The number of methoxy groups -OCH3 is 1. The quantitative estimate of drug-likeness (QED) is 0.119. The van der Waals surface area contributed by atoms with Crippen molar-refractivity contribution in [2.75, 3.05) is 33.9 Å². The van der Waals surface area contributed by atoms with E-state index in [1.165, 1.54) is 19.1 Å². The third-order valence-electron chi connectivity index (χ3n) is 10.8. The molecule has 2 aliphatic rings. The van der Waals surface area contributed by atoms with Gasteiger partial charge in [0.15, 0.2) is 0 Å². The number of benzene rings is 2. The Morgan fingerprint density at radius 2 is 1.41 bits per heavy atom. The maximum absolute atomic E-state index is 13.6. The van der Waals surface area contributed by atoms with E-state index in [-0.39, 0.29) is 43.3 Å². The van der Waals surface area contributed by atoms with Crippen LogP contribution in [0.25, 0.3) is 33.6 Å². The Morgan fingerprint density at radius 3 is 1.91 bits per heavy atom. The van der Waals surface area contributed by atoms with Gasteiger partial charge in [0.1, 0.15) is 23.7 Å². The van der Waals surface area contributed by atoms with Crippen molar-refractivity contribution in [1.29, 1.82) is 0 Å². The molecular formula is C40H50N8O8. The molecule has 298 valence electrons. The maximum Gasteiger partial charge on any atom is 0.407 e. The van der Waals surface area contributed by atoms with Crippen molar-refractivity contribution in [2.24, 2.45) is 11.8 Å². The number of carbonyl (C=O) groups excluding carboxylic acids is 3. The summed E-state index contributed by atoms with van der Waals surface area (Å²) in [5, 5.41) is 32.4. The number of aliphatic hydroxyl groups excluding tert-OH is 2. The summed E-state index contributed by atoms with van der Waals surface area (Å²) in [7, 11) is 2.61. The molecular weight excluding hydrogens is 720 g/mol. The fourth-order valence-electron chi connectivity index (χ4n) is 7.73. The summed E-state index contributed by atoms with van der Waals surface area (Å²) in [6.07, 6.45) is 2.53. The first-order valence-corrected chi connectivity index (χ1v) is 18.8. The summed E-state index contributed by atoms with van der Waals surface area (Å²) < 4.78 is 4.71. The van der Waals surface area contributed by atoms with Crippen LogP contribution in [0.1, 0.15) is 63.8 Å². The number of nitrogens with one attached hydrogen (secondary N) is 3. The van der Waals surface area contributed by atoms with Gasteiger partial charge in [-0.05, 0) is 41.0 Å². The predicted molar refractivity (Wildman–Crippen MR) is 206 cm³/mol. The fraction of sp³-hybridized carbons (Fsp3) is 0.450. The van der Waals surface area contributed by atoms with E-state index in [9.17, 15) is 34.5 Å². The molecule has 4 amide bonds. The van der Waals surface area contributed by atoms with Gasteiger partial charge in [-0.15, -0.1) is 0 Å². The first-order chi connectivity index (χ1) is 26.8. The summed E-state index contributed by atoms with van der Waals surface area (Å²) >= 11 is 0. The molecule has 2 aromatic carbocycles. The highest BCUT2D eigenvalue weighted by molar-refractivity contribution is 5.87. The van der Waals surface area contributed by atoms with E-state index in [0.29, 0.717) is 24.6 Å². The van der Waals surface area contributed by atoms with E-state index < -0.39 is 42.3 Å². The van der Waals surface area contributed by atoms with Crippen LogP contribution in [-0.4, -0.2) is 126 Å². The smallest absolute Gasteiger partial charge is 0.407 e. The summed E-state index contributed by atoms with van der Waals surface area (Å²) in [5.74, 6) is -0.268. The number of hydrogen-bond acceptors (Lipinski definition) is 9. The lowest BCUT2D eigenvalue weighted by atomic mass is 10.0. The van der Waals surface area contributed by atoms with Crippen LogP contribution in [0.4, 0.5) is 9.59 Å². The zero-order valence-corrected chi connectivity index (χ0v) is 32.2. The van der Waals surface area contributed by atoms with Gasteiger partial charge in [-0.2, -0.15) is 0 Å². The van der Waals surface area contributed by atoms with Gasteiger partial charge in [0.2, 0.25) is 11.8 Å². The van der Waals surface area contributed by atoms with E-state index in [1.54, 1.807) is 38.1 Å². The summed E-state index contributed by atoms with van der Waals surface area (Å²) in [6.45, 7) is 5.61. The Balaban J connectivity index is 1.12. The molecule has 0 spiro atoms. The van der Waals surface area contributed by atoms with Crippen LogP contribution in [0.5, 0.6) is 0 Å². The van der Waals surface area contributed by atoms with Gasteiger partial charge in [-0.25, -0.2) is 19.6 Å². The molecule has 2 saturated heterocycles. The van der Waals surface area contributed by atoms with Crippen molar-refractivity contribution in [3.8, 4) is 33.6 Å². The highest BCUT2D eigenvalue weighted by Gasteiger charge is 2.43. The van der Waals surface area contributed by atoms with Crippen LogP contribution in [-0.2, 0) is 14.3 Å². The lowest BCUT2D eigenvalue weighted by Crippen LogP contribution is -2.52. The normalized spacial score (nSPS) is 19.8.